The Labute approximate surface area is 154 Å². The van der Waals surface area contributed by atoms with Gasteiger partial charge in [0, 0.05) is 17.5 Å². The van der Waals surface area contributed by atoms with Crippen molar-refractivity contribution in [2.75, 3.05) is 6.61 Å². The second kappa shape index (κ2) is 7.13. The van der Waals surface area contributed by atoms with Crippen molar-refractivity contribution in [1.29, 1.82) is 0 Å². The quantitative estimate of drug-likeness (QED) is 0.596. The minimum Gasteiger partial charge on any atom is -0.462 e. The lowest BCUT2D eigenvalue weighted by Crippen LogP contribution is -2.54. The monoisotopic (exact) mass is 370 g/mol. The Morgan fingerprint density at radius 3 is 2.52 bits per heavy atom. The van der Waals surface area contributed by atoms with E-state index in [4.69, 9.17) is 13.9 Å². The Morgan fingerprint density at radius 2 is 1.74 bits per heavy atom. The SMILES string of the molecule is O=c1cc(-c2ccccc2)c2ccc(O[C@H]3OC[C@H](O)[C@@H](O)[C@@H]3O)cc2o1. The molecule has 7 heteroatoms. The Balaban J connectivity index is 1.68. The van der Waals surface area contributed by atoms with Gasteiger partial charge in [-0.1, -0.05) is 30.3 Å². The predicted octanol–water partition coefficient (Wildman–Crippen LogP) is 1.28. The Hall–Kier alpha value is -2.71. The van der Waals surface area contributed by atoms with Crippen LogP contribution in [0.1, 0.15) is 0 Å². The van der Waals surface area contributed by atoms with E-state index in [2.05, 4.69) is 0 Å². The number of aliphatic hydroxyl groups excluding tert-OH is 3. The lowest BCUT2D eigenvalue weighted by atomic mass is 10.0. The number of fused-ring (bicyclic) bond motifs is 1. The molecule has 4 atom stereocenters. The van der Waals surface area contributed by atoms with Gasteiger partial charge in [0.1, 0.15) is 29.6 Å². The van der Waals surface area contributed by atoms with Gasteiger partial charge in [0.2, 0.25) is 6.29 Å². The topological polar surface area (TPSA) is 109 Å². The lowest BCUT2D eigenvalue weighted by molar-refractivity contribution is -0.242. The smallest absolute Gasteiger partial charge is 0.336 e. The summed E-state index contributed by atoms with van der Waals surface area (Å²) in [5, 5.41) is 30.0. The third-order valence-corrected chi connectivity index (χ3v) is 4.51. The first-order valence-electron chi connectivity index (χ1n) is 8.49. The Kier molecular flexibility index (Phi) is 4.67. The molecule has 2 heterocycles. The Morgan fingerprint density at radius 1 is 0.963 bits per heavy atom. The molecule has 4 rings (SSSR count). The first kappa shape index (κ1) is 17.7. The molecule has 0 bridgehead atoms. The highest BCUT2D eigenvalue weighted by molar-refractivity contribution is 5.93. The van der Waals surface area contributed by atoms with E-state index in [0.717, 1.165) is 16.5 Å². The third kappa shape index (κ3) is 3.45. The summed E-state index contributed by atoms with van der Waals surface area (Å²) in [7, 11) is 0. The predicted molar refractivity (Wildman–Crippen MR) is 96.3 cm³/mol. The number of benzene rings is 2. The van der Waals surface area contributed by atoms with Gasteiger partial charge in [-0.15, -0.1) is 0 Å². The summed E-state index contributed by atoms with van der Waals surface area (Å²) in [6, 6.07) is 15.8. The number of hydrogen-bond acceptors (Lipinski definition) is 7. The fraction of sp³-hybridized carbons (Fsp3) is 0.250. The normalized spacial score (nSPS) is 25.4. The number of hydrogen-bond donors (Lipinski definition) is 3. The number of ether oxygens (including phenoxy) is 2. The van der Waals surface area contributed by atoms with Crippen LogP contribution in [0.25, 0.3) is 22.1 Å². The lowest BCUT2D eigenvalue weighted by Gasteiger charge is -2.34. The summed E-state index contributed by atoms with van der Waals surface area (Å²) in [6.45, 7) is -0.163. The zero-order valence-corrected chi connectivity index (χ0v) is 14.2. The van der Waals surface area contributed by atoms with Gasteiger partial charge in [-0.25, -0.2) is 4.79 Å². The van der Waals surface area contributed by atoms with Gasteiger partial charge in [-0.05, 0) is 23.3 Å². The van der Waals surface area contributed by atoms with Gasteiger partial charge in [0.05, 0.1) is 6.61 Å². The van der Waals surface area contributed by atoms with Crippen molar-refractivity contribution in [1.82, 2.24) is 0 Å². The second-order valence-corrected chi connectivity index (χ2v) is 6.37. The summed E-state index contributed by atoms with van der Waals surface area (Å²) in [6.07, 6.45) is -5.10. The van der Waals surface area contributed by atoms with Crippen molar-refractivity contribution in [3.05, 3.63) is 65.0 Å². The van der Waals surface area contributed by atoms with Gasteiger partial charge in [0.15, 0.2) is 0 Å². The van der Waals surface area contributed by atoms with Crippen LogP contribution in [0.3, 0.4) is 0 Å². The maximum Gasteiger partial charge on any atom is 0.336 e. The summed E-state index contributed by atoms with van der Waals surface area (Å²) in [5.74, 6) is 0.295. The summed E-state index contributed by atoms with van der Waals surface area (Å²) < 4.78 is 16.1. The van der Waals surface area contributed by atoms with Gasteiger partial charge < -0.3 is 29.2 Å². The van der Waals surface area contributed by atoms with E-state index in [1.165, 1.54) is 12.1 Å². The minimum atomic E-state index is -1.41. The van der Waals surface area contributed by atoms with Gasteiger partial charge >= 0.3 is 5.63 Å². The van der Waals surface area contributed by atoms with E-state index in [0.29, 0.717) is 11.3 Å². The van der Waals surface area contributed by atoms with Gasteiger partial charge in [-0.3, -0.25) is 0 Å². The number of aliphatic hydroxyl groups is 3. The van der Waals surface area contributed by atoms with E-state index in [1.807, 2.05) is 30.3 Å². The Bertz CT molecular complexity index is 998. The highest BCUT2D eigenvalue weighted by Crippen LogP contribution is 2.30. The first-order chi connectivity index (χ1) is 13.0. The van der Waals surface area contributed by atoms with Gasteiger partial charge in [-0.2, -0.15) is 0 Å². The van der Waals surface area contributed by atoms with E-state index >= 15 is 0 Å². The van der Waals surface area contributed by atoms with Crippen molar-refractivity contribution < 1.29 is 29.2 Å². The highest BCUT2D eigenvalue weighted by Gasteiger charge is 2.39. The number of rotatable bonds is 3. The molecule has 2 aromatic carbocycles. The summed E-state index contributed by atoms with van der Waals surface area (Å²) in [5.41, 5.74) is 1.45. The van der Waals surface area contributed by atoms with Crippen LogP contribution in [-0.2, 0) is 4.74 Å². The highest BCUT2D eigenvalue weighted by atomic mass is 16.7. The molecule has 1 aliphatic heterocycles. The van der Waals surface area contributed by atoms with Crippen LogP contribution >= 0.6 is 0 Å². The van der Waals surface area contributed by atoms with E-state index < -0.39 is 30.2 Å². The first-order valence-corrected chi connectivity index (χ1v) is 8.49. The summed E-state index contributed by atoms with van der Waals surface area (Å²) in [4.78, 5) is 12.0. The molecule has 1 aromatic heterocycles. The molecule has 3 aromatic rings. The molecular weight excluding hydrogens is 352 g/mol. The molecule has 0 radical (unpaired) electrons. The zero-order valence-electron chi connectivity index (χ0n) is 14.2. The average Bonchev–Trinajstić information content (AvgIpc) is 2.68. The van der Waals surface area contributed by atoms with Crippen LogP contribution in [0, 0.1) is 0 Å². The molecule has 0 unspecified atom stereocenters. The molecule has 7 nitrogen and oxygen atoms in total. The molecule has 0 amide bonds. The van der Waals surface area contributed by atoms with Crippen molar-refractivity contribution in [2.24, 2.45) is 0 Å². The fourth-order valence-electron chi connectivity index (χ4n) is 3.09. The van der Waals surface area contributed by atoms with Crippen molar-refractivity contribution in [3.63, 3.8) is 0 Å². The van der Waals surface area contributed by atoms with Crippen LogP contribution in [0.4, 0.5) is 0 Å². The van der Waals surface area contributed by atoms with Crippen LogP contribution in [0.5, 0.6) is 5.75 Å². The molecule has 0 saturated carbocycles. The third-order valence-electron chi connectivity index (χ3n) is 4.51. The maximum atomic E-state index is 12.0. The van der Waals surface area contributed by atoms with Crippen LogP contribution in [-0.4, -0.2) is 46.5 Å². The standard InChI is InChI=1S/C20H18O7/c21-15-10-25-20(19(24)18(15)23)26-12-6-7-13-14(11-4-2-1-3-5-11)9-17(22)27-16(13)8-12/h1-9,15,18-21,23-24H,10H2/t15-,18+,19-,20+/m0/s1. The zero-order chi connectivity index (χ0) is 19.0. The molecule has 0 aliphatic carbocycles. The molecule has 1 aliphatic rings. The van der Waals surface area contributed by atoms with Crippen LogP contribution in [0.15, 0.2) is 63.8 Å². The average molecular weight is 370 g/mol. The largest absolute Gasteiger partial charge is 0.462 e. The maximum absolute atomic E-state index is 12.0. The molecule has 1 saturated heterocycles. The van der Waals surface area contributed by atoms with E-state index in [9.17, 15) is 20.1 Å². The van der Waals surface area contributed by atoms with Crippen molar-refractivity contribution in [2.45, 2.75) is 24.6 Å². The molecule has 1 fully saturated rings. The molecule has 140 valence electrons. The molecular formula is C20H18O7. The molecule has 3 N–H and O–H groups in total. The van der Waals surface area contributed by atoms with Gasteiger partial charge in [0.25, 0.3) is 0 Å². The van der Waals surface area contributed by atoms with Crippen LogP contribution < -0.4 is 10.4 Å². The minimum absolute atomic E-state index is 0.163. The van der Waals surface area contributed by atoms with Crippen molar-refractivity contribution in [3.8, 4) is 16.9 Å². The molecule has 0 spiro atoms. The molecule has 27 heavy (non-hydrogen) atoms. The second-order valence-electron chi connectivity index (χ2n) is 6.37. The van der Waals surface area contributed by atoms with E-state index in [1.54, 1.807) is 12.1 Å². The fourth-order valence-corrected chi connectivity index (χ4v) is 3.09. The van der Waals surface area contributed by atoms with E-state index in [-0.39, 0.29) is 6.61 Å². The summed E-state index contributed by atoms with van der Waals surface area (Å²) >= 11 is 0. The van der Waals surface area contributed by atoms with Crippen LogP contribution in [0.2, 0.25) is 0 Å². The van der Waals surface area contributed by atoms with Crippen molar-refractivity contribution >= 4 is 11.0 Å².